The van der Waals surface area contributed by atoms with Crippen LogP contribution < -0.4 is 26.7 Å². The van der Waals surface area contributed by atoms with Crippen molar-refractivity contribution in [3.8, 4) is 33.8 Å². The molecule has 0 bridgehead atoms. The van der Waals surface area contributed by atoms with Gasteiger partial charge in [0.05, 0.1) is 0 Å². The Morgan fingerprint density at radius 3 is 1.79 bits per heavy atom. The van der Waals surface area contributed by atoms with Crippen LogP contribution in [0.1, 0.15) is 52.7 Å². The molecule has 0 saturated heterocycles. The molecule has 306 valence electrons. The number of fused-ring (bicyclic) bond motifs is 3. The maximum atomic E-state index is 6.81. The fraction of sp³-hybridized carbons (Fsp3) is 0.161. The molecule has 0 fully saturated rings. The van der Waals surface area contributed by atoms with E-state index in [1.165, 1.54) is 57.7 Å². The molecule has 5 nitrogen and oxygen atoms in total. The van der Waals surface area contributed by atoms with Gasteiger partial charge in [0, 0.05) is 0 Å². The number of rotatable bonds is 7. The molecule has 3 heterocycles. The van der Waals surface area contributed by atoms with Crippen LogP contribution in [0.15, 0.2) is 182 Å². The molecule has 6 heteroatoms. The molecule has 0 N–H and O–H groups in total. The van der Waals surface area contributed by atoms with Gasteiger partial charge >= 0.3 is 246 Å². The van der Waals surface area contributed by atoms with Gasteiger partial charge in [-0.25, -0.2) is 0 Å². The van der Waals surface area contributed by atoms with E-state index in [1.54, 1.807) is 0 Å². The van der Waals surface area contributed by atoms with Crippen LogP contribution in [-0.2, 0) is 10.8 Å². The monoisotopic (exact) mass is 924 g/mol. The van der Waals surface area contributed by atoms with E-state index >= 15 is 0 Å². The summed E-state index contributed by atoms with van der Waals surface area (Å²) in [5, 5.41) is 0. The zero-order valence-electron chi connectivity index (χ0n) is 36.1. The second-order valence-electron chi connectivity index (χ2n) is 18.2. The van der Waals surface area contributed by atoms with E-state index in [1.807, 2.05) is 6.20 Å². The molecule has 0 unspecified atom stereocenters. The quantitative estimate of drug-likeness (QED) is 0.149. The van der Waals surface area contributed by atoms with E-state index < -0.39 is 20.9 Å². The molecule has 2 aliphatic rings. The minimum atomic E-state index is -0.612. The molecule has 0 saturated carbocycles. The first-order chi connectivity index (χ1) is 30.0. The molecule has 0 amide bonds. The zero-order valence-corrected chi connectivity index (χ0v) is 38.5. The van der Waals surface area contributed by atoms with Crippen molar-refractivity contribution in [2.75, 3.05) is 21.4 Å². The molecule has 7 aromatic carbocycles. The molecule has 0 atom stereocenters. The van der Waals surface area contributed by atoms with Crippen LogP contribution in [0.5, 0.6) is 11.5 Å². The number of hydrogen-bond acceptors (Lipinski definition) is 5. The van der Waals surface area contributed by atoms with E-state index in [4.69, 9.17) is 9.72 Å². The van der Waals surface area contributed by atoms with Crippen molar-refractivity contribution < 1.29 is 4.74 Å². The topological polar surface area (TPSA) is 31.8 Å². The number of pyridine rings is 1. The number of nitrogens with zero attached hydrogens (tertiary/aromatic N) is 4. The second kappa shape index (κ2) is 15.9. The van der Waals surface area contributed by atoms with Crippen molar-refractivity contribution in [1.82, 2.24) is 4.98 Å². The van der Waals surface area contributed by atoms with Gasteiger partial charge in [0.1, 0.15) is 0 Å². The van der Waals surface area contributed by atoms with Crippen molar-refractivity contribution >= 4 is 68.1 Å². The van der Waals surface area contributed by atoms with Crippen LogP contribution in [0, 0.1) is 0 Å². The summed E-state index contributed by atoms with van der Waals surface area (Å²) < 4.78 is 9.59. The summed E-state index contributed by atoms with van der Waals surface area (Å²) in [5.41, 5.74) is 14.2. The van der Waals surface area contributed by atoms with Gasteiger partial charge in [-0.2, -0.15) is 0 Å². The van der Waals surface area contributed by atoms with Crippen molar-refractivity contribution in [3.63, 3.8) is 0 Å². The first-order valence-corrected chi connectivity index (χ1v) is 23.7. The SMILES string of the molecule is CC(C)(C)c1ccnc(N2c3ccccc3[Te]c3ccc(Oc4cccc(N5CN(c6cc(-c7ccccc7)cc(-c7ccccc7)c6)c6cc(C(C)(C)C)ccc65)c4)cc32)c1. The van der Waals surface area contributed by atoms with Gasteiger partial charge in [0.25, 0.3) is 0 Å². The van der Waals surface area contributed by atoms with Crippen molar-refractivity contribution in [1.29, 1.82) is 0 Å². The van der Waals surface area contributed by atoms with Crippen molar-refractivity contribution in [2.24, 2.45) is 0 Å². The van der Waals surface area contributed by atoms with Crippen LogP contribution in [0.25, 0.3) is 22.3 Å². The first-order valence-electron chi connectivity index (χ1n) is 21.4. The summed E-state index contributed by atoms with van der Waals surface area (Å²) in [6, 6.07) is 63.7. The number of para-hydroxylation sites is 1. The predicted octanol–water partition coefficient (Wildman–Crippen LogP) is 13.5. The van der Waals surface area contributed by atoms with Crippen molar-refractivity contribution in [3.05, 3.63) is 193 Å². The molecule has 0 spiro atoms. The molecule has 0 radical (unpaired) electrons. The van der Waals surface area contributed by atoms with E-state index in [2.05, 4.69) is 232 Å². The van der Waals surface area contributed by atoms with E-state index in [0.29, 0.717) is 6.67 Å². The van der Waals surface area contributed by atoms with Gasteiger partial charge in [-0.05, 0) is 51.4 Å². The number of hydrogen-bond donors (Lipinski definition) is 0. The van der Waals surface area contributed by atoms with Gasteiger partial charge in [-0.3, -0.25) is 0 Å². The fourth-order valence-corrected chi connectivity index (χ4v) is 11.4. The van der Waals surface area contributed by atoms with E-state index in [-0.39, 0.29) is 10.8 Å². The van der Waals surface area contributed by atoms with Crippen LogP contribution in [0.3, 0.4) is 0 Å². The molecule has 8 aromatic rings. The first kappa shape index (κ1) is 39.8. The summed E-state index contributed by atoms with van der Waals surface area (Å²) in [6.07, 6.45) is 1.94. The molecule has 2 aliphatic heterocycles. The zero-order chi connectivity index (χ0) is 42.6. The molecule has 10 rings (SSSR count). The molecule has 1 aromatic heterocycles. The standard InChI is InChI=1S/C56H50N4OTe/c1-55(2,3)42-24-26-48-50(33-42)59(45-31-40(38-16-9-7-10-17-38)30-41(32-45)39-18-11-8-12-19-39)37-58(48)44-20-15-21-46(35-44)61-47-25-27-53-51(36-47)60(49-22-13-14-23-52(49)62-53)54-34-43(28-29-57-54)56(4,5)6/h7-36H,37H2,1-6H3. The van der Waals surface area contributed by atoms with Crippen LogP contribution >= 0.6 is 0 Å². The summed E-state index contributed by atoms with van der Waals surface area (Å²) in [6.45, 7) is 14.3. The Balaban J connectivity index is 1.02. The van der Waals surface area contributed by atoms with Crippen LogP contribution in [0.4, 0.5) is 39.9 Å². The average Bonchev–Trinajstić information content (AvgIpc) is 3.68. The third-order valence-corrected chi connectivity index (χ3v) is 15.1. The van der Waals surface area contributed by atoms with Crippen molar-refractivity contribution in [2.45, 2.75) is 52.4 Å². The van der Waals surface area contributed by atoms with Gasteiger partial charge in [0.15, 0.2) is 0 Å². The number of anilines is 7. The van der Waals surface area contributed by atoms with Gasteiger partial charge in [-0.1, -0.05) is 81.4 Å². The summed E-state index contributed by atoms with van der Waals surface area (Å²) in [4.78, 5) is 12.2. The Labute approximate surface area is 376 Å². The molecular formula is C56H50N4OTe. The van der Waals surface area contributed by atoms with Gasteiger partial charge in [0.2, 0.25) is 0 Å². The van der Waals surface area contributed by atoms with E-state index in [0.717, 1.165) is 34.4 Å². The Morgan fingerprint density at radius 2 is 1.08 bits per heavy atom. The van der Waals surface area contributed by atoms with Gasteiger partial charge in [-0.15, -0.1) is 0 Å². The fourth-order valence-electron chi connectivity index (χ4n) is 8.43. The Bertz CT molecular complexity index is 2880. The average molecular weight is 923 g/mol. The third-order valence-electron chi connectivity index (χ3n) is 11.9. The Morgan fingerprint density at radius 1 is 0.452 bits per heavy atom. The predicted molar refractivity (Wildman–Crippen MR) is 261 cm³/mol. The van der Waals surface area contributed by atoms with Crippen LogP contribution in [-0.4, -0.2) is 32.6 Å². The van der Waals surface area contributed by atoms with E-state index in [9.17, 15) is 0 Å². The number of benzene rings is 7. The Hall–Kier alpha value is -6.32. The summed E-state index contributed by atoms with van der Waals surface area (Å²) in [7, 11) is 0. The molecular weight excluding hydrogens is 872 g/mol. The normalized spacial score (nSPS) is 13.4. The van der Waals surface area contributed by atoms with Crippen LogP contribution in [0.2, 0.25) is 0 Å². The molecule has 62 heavy (non-hydrogen) atoms. The summed E-state index contributed by atoms with van der Waals surface area (Å²) in [5.74, 6) is 2.52. The maximum absolute atomic E-state index is 6.81. The Kier molecular flexibility index (Phi) is 10.2. The number of aromatic nitrogens is 1. The molecule has 0 aliphatic carbocycles. The summed E-state index contributed by atoms with van der Waals surface area (Å²) >= 11 is -0.612. The third kappa shape index (κ3) is 7.75. The second-order valence-corrected chi connectivity index (χ2v) is 21.3. The van der Waals surface area contributed by atoms with Gasteiger partial charge < -0.3 is 0 Å². The minimum absolute atomic E-state index is 0.000934. The number of ether oxygens (including phenoxy) is 1.